The summed E-state index contributed by atoms with van der Waals surface area (Å²) < 4.78 is 1.74. The number of anilines is 1. The van der Waals surface area contributed by atoms with E-state index in [-0.39, 0.29) is 5.91 Å². The van der Waals surface area contributed by atoms with Gasteiger partial charge in [0.05, 0.1) is 0 Å². The lowest BCUT2D eigenvalue weighted by Gasteiger charge is -2.41. The third-order valence-corrected chi connectivity index (χ3v) is 3.77. The van der Waals surface area contributed by atoms with E-state index in [0.29, 0.717) is 30.2 Å². The predicted molar refractivity (Wildman–Crippen MR) is 75.0 cm³/mol. The summed E-state index contributed by atoms with van der Waals surface area (Å²) in [7, 11) is 0. The number of amides is 1. The van der Waals surface area contributed by atoms with Gasteiger partial charge in [0.15, 0.2) is 12.1 Å². The molecule has 0 aromatic carbocycles. The number of carbonyl (C=O) groups is 2. The second kappa shape index (κ2) is 4.33. The van der Waals surface area contributed by atoms with Gasteiger partial charge in [-0.25, -0.2) is 4.98 Å². The van der Waals surface area contributed by atoms with E-state index in [4.69, 9.17) is 0 Å². The Morgan fingerprint density at radius 2 is 2.20 bits per heavy atom. The standard InChI is InChI=1S/C14H16N4O2/c1-14(2)13(20)15-6-8-18(14)12-10(9-19)17-7-4-3-5-11(17)16-12/h3-5,7,9H,6,8H2,1-2H3,(H,15,20). The number of aromatic nitrogens is 2. The highest BCUT2D eigenvalue weighted by atomic mass is 16.2. The van der Waals surface area contributed by atoms with E-state index in [0.717, 1.165) is 6.29 Å². The maximum atomic E-state index is 12.0. The molecule has 1 fully saturated rings. The number of hydrogen-bond donors (Lipinski definition) is 1. The first kappa shape index (κ1) is 12.7. The molecule has 0 unspecified atom stereocenters. The van der Waals surface area contributed by atoms with Crippen LogP contribution in [0, 0.1) is 0 Å². The van der Waals surface area contributed by atoms with Crippen LogP contribution in [0.2, 0.25) is 0 Å². The summed E-state index contributed by atoms with van der Waals surface area (Å²) in [5.74, 6) is 0.503. The number of nitrogens with zero attached hydrogens (tertiary/aromatic N) is 3. The highest BCUT2D eigenvalue weighted by Crippen LogP contribution is 2.28. The van der Waals surface area contributed by atoms with Gasteiger partial charge in [0.2, 0.25) is 5.91 Å². The number of carbonyl (C=O) groups excluding carboxylic acids is 2. The SMILES string of the molecule is CC1(C)C(=O)NCCN1c1nc2ccccn2c1C=O. The molecule has 1 saturated heterocycles. The average molecular weight is 272 g/mol. The predicted octanol–water partition coefficient (Wildman–Crippen LogP) is 0.862. The summed E-state index contributed by atoms with van der Waals surface area (Å²) >= 11 is 0. The average Bonchev–Trinajstić information content (AvgIpc) is 2.79. The molecule has 2 aromatic rings. The number of nitrogens with one attached hydrogen (secondary N) is 1. The Bertz CT molecular complexity index is 690. The Kier molecular flexibility index (Phi) is 2.74. The summed E-state index contributed by atoms with van der Waals surface area (Å²) in [5.41, 5.74) is 0.447. The topological polar surface area (TPSA) is 66.7 Å². The number of rotatable bonds is 2. The Morgan fingerprint density at radius 3 is 2.95 bits per heavy atom. The molecule has 1 N–H and O–H groups in total. The van der Waals surface area contributed by atoms with Gasteiger partial charge in [0.1, 0.15) is 16.9 Å². The highest BCUT2D eigenvalue weighted by molar-refractivity contribution is 5.92. The molecule has 20 heavy (non-hydrogen) atoms. The van der Waals surface area contributed by atoms with Crippen LogP contribution in [0.4, 0.5) is 5.82 Å². The minimum Gasteiger partial charge on any atom is -0.352 e. The van der Waals surface area contributed by atoms with E-state index < -0.39 is 5.54 Å². The molecule has 3 heterocycles. The number of pyridine rings is 1. The summed E-state index contributed by atoms with van der Waals surface area (Å²) in [6.07, 6.45) is 2.59. The summed E-state index contributed by atoms with van der Waals surface area (Å²) in [6, 6.07) is 5.56. The van der Waals surface area contributed by atoms with Crippen LogP contribution < -0.4 is 10.2 Å². The largest absolute Gasteiger partial charge is 0.352 e. The van der Waals surface area contributed by atoms with Crippen molar-refractivity contribution in [2.45, 2.75) is 19.4 Å². The molecule has 0 saturated carbocycles. The van der Waals surface area contributed by atoms with Crippen molar-refractivity contribution in [3.63, 3.8) is 0 Å². The van der Waals surface area contributed by atoms with Crippen molar-refractivity contribution < 1.29 is 9.59 Å². The smallest absolute Gasteiger partial charge is 0.245 e. The van der Waals surface area contributed by atoms with Crippen LogP contribution in [0.1, 0.15) is 24.3 Å². The molecule has 6 nitrogen and oxygen atoms in total. The van der Waals surface area contributed by atoms with Gasteiger partial charge in [-0.3, -0.25) is 14.0 Å². The van der Waals surface area contributed by atoms with Crippen LogP contribution in [0.5, 0.6) is 0 Å². The zero-order valence-electron chi connectivity index (χ0n) is 11.5. The van der Waals surface area contributed by atoms with Crippen molar-refractivity contribution in [3.05, 3.63) is 30.1 Å². The first-order valence-corrected chi connectivity index (χ1v) is 6.54. The van der Waals surface area contributed by atoms with Gasteiger partial charge in [-0.1, -0.05) is 6.07 Å². The molecule has 1 amide bonds. The summed E-state index contributed by atoms with van der Waals surface area (Å²) in [6.45, 7) is 4.85. The molecule has 0 atom stereocenters. The van der Waals surface area contributed by atoms with Gasteiger partial charge in [0.25, 0.3) is 0 Å². The van der Waals surface area contributed by atoms with Crippen molar-refractivity contribution >= 4 is 23.7 Å². The van der Waals surface area contributed by atoms with Crippen molar-refractivity contribution in [1.29, 1.82) is 0 Å². The summed E-state index contributed by atoms with van der Waals surface area (Å²) in [5, 5.41) is 2.84. The number of fused-ring (bicyclic) bond motifs is 1. The number of aldehydes is 1. The van der Waals surface area contributed by atoms with Gasteiger partial charge in [0, 0.05) is 19.3 Å². The van der Waals surface area contributed by atoms with Crippen molar-refractivity contribution in [1.82, 2.24) is 14.7 Å². The van der Waals surface area contributed by atoms with E-state index in [1.807, 2.05) is 36.9 Å². The molecule has 104 valence electrons. The fourth-order valence-electron chi connectivity index (χ4n) is 2.58. The zero-order valence-corrected chi connectivity index (χ0v) is 11.5. The Morgan fingerprint density at radius 1 is 1.40 bits per heavy atom. The fourth-order valence-corrected chi connectivity index (χ4v) is 2.58. The Balaban J connectivity index is 2.18. The first-order chi connectivity index (χ1) is 9.55. The normalized spacial score (nSPS) is 18.1. The molecule has 2 aromatic heterocycles. The quantitative estimate of drug-likeness (QED) is 0.823. The first-order valence-electron chi connectivity index (χ1n) is 6.54. The van der Waals surface area contributed by atoms with Gasteiger partial charge in [-0.15, -0.1) is 0 Å². The van der Waals surface area contributed by atoms with Gasteiger partial charge in [-0.05, 0) is 26.0 Å². The van der Waals surface area contributed by atoms with Gasteiger partial charge < -0.3 is 10.2 Å². The maximum Gasteiger partial charge on any atom is 0.245 e. The van der Waals surface area contributed by atoms with Gasteiger partial charge in [-0.2, -0.15) is 0 Å². The lowest BCUT2D eigenvalue weighted by Crippen LogP contribution is -2.62. The van der Waals surface area contributed by atoms with Crippen LogP contribution in [0.25, 0.3) is 5.65 Å². The van der Waals surface area contributed by atoms with Crippen molar-refractivity contribution in [3.8, 4) is 0 Å². The molecular weight excluding hydrogens is 256 g/mol. The lowest BCUT2D eigenvalue weighted by atomic mass is 9.99. The van der Waals surface area contributed by atoms with E-state index in [1.54, 1.807) is 10.6 Å². The van der Waals surface area contributed by atoms with Crippen molar-refractivity contribution in [2.75, 3.05) is 18.0 Å². The zero-order chi connectivity index (χ0) is 14.3. The molecule has 1 aliphatic heterocycles. The Hall–Kier alpha value is -2.37. The molecule has 0 aliphatic carbocycles. The van der Waals surface area contributed by atoms with E-state index in [2.05, 4.69) is 10.3 Å². The van der Waals surface area contributed by atoms with Crippen LogP contribution in [-0.2, 0) is 4.79 Å². The highest BCUT2D eigenvalue weighted by Gasteiger charge is 2.40. The minimum absolute atomic E-state index is 0.0577. The maximum absolute atomic E-state index is 12.0. The molecule has 0 bridgehead atoms. The molecule has 6 heteroatoms. The lowest BCUT2D eigenvalue weighted by molar-refractivity contribution is -0.126. The molecule has 3 rings (SSSR count). The monoisotopic (exact) mass is 272 g/mol. The van der Waals surface area contributed by atoms with Crippen LogP contribution in [-0.4, -0.2) is 40.2 Å². The van der Waals surface area contributed by atoms with E-state index in [1.165, 1.54) is 0 Å². The third-order valence-electron chi connectivity index (χ3n) is 3.77. The molecular formula is C14H16N4O2. The number of imidazole rings is 1. The molecule has 0 radical (unpaired) electrons. The Labute approximate surface area is 116 Å². The van der Waals surface area contributed by atoms with Crippen LogP contribution in [0.15, 0.2) is 24.4 Å². The van der Waals surface area contributed by atoms with E-state index in [9.17, 15) is 9.59 Å². The van der Waals surface area contributed by atoms with Gasteiger partial charge >= 0.3 is 0 Å². The molecule has 1 aliphatic rings. The molecule has 0 spiro atoms. The van der Waals surface area contributed by atoms with Crippen LogP contribution in [0.3, 0.4) is 0 Å². The number of hydrogen-bond acceptors (Lipinski definition) is 4. The van der Waals surface area contributed by atoms with Crippen LogP contribution >= 0.6 is 0 Å². The second-order valence-electron chi connectivity index (χ2n) is 5.33. The third kappa shape index (κ3) is 1.68. The van der Waals surface area contributed by atoms with Crippen molar-refractivity contribution in [2.24, 2.45) is 0 Å². The number of piperazine rings is 1. The summed E-state index contributed by atoms with van der Waals surface area (Å²) in [4.78, 5) is 29.9. The second-order valence-corrected chi connectivity index (χ2v) is 5.33. The van der Waals surface area contributed by atoms with E-state index >= 15 is 0 Å². The minimum atomic E-state index is -0.728. The fraction of sp³-hybridized carbons (Fsp3) is 0.357.